The maximum Gasteiger partial charge on any atom is 0.256 e. The van der Waals surface area contributed by atoms with E-state index in [4.69, 9.17) is 16.3 Å². The van der Waals surface area contributed by atoms with E-state index in [1.54, 1.807) is 0 Å². The van der Waals surface area contributed by atoms with Crippen molar-refractivity contribution in [2.24, 2.45) is 0 Å². The maximum absolute atomic E-state index is 13.0. The van der Waals surface area contributed by atoms with Gasteiger partial charge in [-0.3, -0.25) is 4.79 Å². The summed E-state index contributed by atoms with van der Waals surface area (Å²) in [6, 6.07) is 20.0. The van der Waals surface area contributed by atoms with E-state index >= 15 is 0 Å². The van der Waals surface area contributed by atoms with Crippen molar-refractivity contribution in [3.8, 4) is 5.75 Å². The van der Waals surface area contributed by atoms with Gasteiger partial charge in [0.2, 0.25) is 0 Å². The van der Waals surface area contributed by atoms with E-state index in [0.717, 1.165) is 23.3 Å². The van der Waals surface area contributed by atoms with Crippen molar-refractivity contribution in [3.05, 3.63) is 93.5 Å². The van der Waals surface area contributed by atoms with Crippen LogP contribution in [0.5, 0.6) is 5.75 Å². The summed E-state index contributed by atoms with van der Waals surface area (Å²) in [5.41, 5.74) is 5.59. The number of hydrogen-bond acceptors (Lipinski definition) is 2. The first-order chi connectivity index (χ1) is 14.5. The van der Waals surface area contributed by atoms with Crippen molar-refractivity contribution in [3.63, 3.8) is 0 Å². The molecule has 0 atom stereocenters. The number of benzene rings is 3. The van der Waals surface area contributed by atoms with E-state index in [2.05, 4.69) is 17.4 Å². The van der Waals surface area contributed by atoms with E-state index in [9.17, 15) is 4.79 Å². The second kappa shape index (κ2) is 8.93. The predicted molar refractivity (Wildman–Crippen MR) is 123 cm³/mol. The number of carbonyl (C=O) groups is 1. The van der Waals surface area contributed by atoms with Crippen LogP contribution in [0.25, 0.3) is 0 Å². The molecule has 4 heteroatoms. The lowest BCUT2D eigenvalue weighted by Crippen LogP contribution is -2.16. The molecular weight excluding hydrogens is 394 g/mol. The Morgan fingerprint density at radius 3 is 2.40 bits per heavy atom. The van der Waals surface area contributed by atoms with Crippen molar-refractivity contribution >= 4 is 23.2 Å². The molecular formula is C26H26ClNO2. The summed E-state index contributed by atoms with van der Waals surface area (Å²) in [6.07, 6.45) is 3.26. The monoisotopic (exact) mass is 419 g/mol. The van der Waals surface area contributed by atoms with Crippen molar-refractivity contribution in [1.82, 2.24) is 0 Å². The highest BCUT2D eigenvalue weighted by Gasteiger charge is 2.24. The third kappa shape index (κ3) is 4.85. The highest BCUT2D eigenvalue weighted by Crippen LogP contribution is 2.42. The molecule has 4 rings (SSSR count). The number of aryl methyl sites for hydroxylation is 2. The molecule has 3 aromatic carbocycles. The summed E-state index contributed by atoms with van der Waals surface area (Å²) in [6.45, 7) is 4.47. The number of rotatable bonds is 7. The molecule has 0 spiro atoms. The fraction of sp³-hybridized carbons (Fsp3) is 0.269. The van der Waals surface area contributed by atoms with Crippen LogP contribution < -0.4 is 10.1 Å². The molecule has 3 nitrogen and oxygen atoms in total. The normalized spacial score (nSPS) is 13.2. The highest BCUT2D eigenvalue weighted by atomic mass is 35.5. The van der Waals surface area contributed by atoms with Gasteiger partial charge in [-0.2, -0.15) is 0 Å². The maximum atomic E-state index is 13.0. The molecule has 0 unspecified atom stereocenters. The van der Waals surface area contributed by atoms with Gasteiger partial charge in [-0.25, -0.2) is 0 Å². The Labute approximate surface area is 183 Å². The van der Waals surface area contributed by atoms with Gasteiger partial charge in [-0.1, -0.05) is 48.0 Å². The summed E-state index contributed by atoms with van der Waals surface area (Å²) < 4.78 is 5.94. The number of ether oxygens (including phenoxy) is 1. The fourth-order valence-corrected chi connectivity index (χ4v) is 3.96. The van der Waals surface area contributed by atoms with Crippen LogP contribution in [0.2, 0.25) is 5.02 Å². The van der Waals surface area contributed by atoms with Crippen LogP contribution in [-0.4, -0.2) is 12.5 Å². The summed E-state index contributed by atoms with van der Waals surface area (Å²) >= 11 is 6.33. The minimum absolute atomic E-state index is 0.143. The number of halogens is 1. The molecule has 3 aromatic rings. The molecule has 1 amide bonds. The first-order valence-electron chi connectivity index (χ1n) is 10.4. The van der Waals surface area contributed by atoms with E-state index in [1.165, 1.54) is 24.0 Å². The molecule has 0 saturated heterocycles. The van der Waals surface area contributed by atoms with E-state index in [-0.39, 0.29) is 5.91 Å². The topological polar surface area (TPSA) is 38.3 Å². The van der Waals surface area contributed by atoms with Gasteiger partial charge in [0.1, 0.15) is 5.75 Å². The van der Waals surface area contributed by atoms with Gasteiger partial charge < -0.3 is 10.1 Å². The molecule has 0 aliphatic heterocycles. The number of hydrogen-bond donors (Lipinski definition) is 1. The number of amides is 1. The standard InChI is InChI=1S/C26H26ClNO2/c1-17-14-22(30-13-12-19-6-4-3-5-7-19)15-18(2)25(17)26(29)28-24-16-21(20-8-9-20)10-11-23(24)27/h3-7,10-11,14-16,20H,8-9,12-13H2,1-2H3,(H,28,29). The largest absolute Gasteiger partial charge is 0.493 e. The SMILES string of the molecule is Cc1cc(OCCc2ccccc2)cc(C)c1C(=O)Nc1cc(C2CC2)ccc1Cl. The molecule has 1 aliphatic carbocycles. The molecule has 0 radical (unpaired) electrons. The van der Waals surface area contributed by atoms with Gasteiger partial charge in [-0.15, -0.1) is 0 Å². The molecule has 0 bridgehead atoms. The van der Waals surface area contributed by atoms with Gasteiger partial charge in [0.15, 0.2) is 0 Å². The Morgan fingerprint density at radius 1 is 1.03 bits per heavy atom. The minimum atomic E-state index is -0.143. The van der Waals surface area contributed by atoms with Crippen LogP contribution in [-0.2, 0) is 6.42 Å². The highest BCUT2D eigenvalue weighted by molar-refractivity contribution is 6.34. The molecule has 154 valence electrons. The van der Waals surface area contributed by atoms with Gasteiger partial charge >= 0.3 is 0 Å². The first kappa shape index (κ1) is 20.5. The zero-order valence-corrected chi connectivity index (χ0v) is 18.1. The smallest absolute Gasteiger partial charge is 0.256 e. The molecule has 0 heterocycles. The zero-order chi connectivity index (χ0) is 21.1. The molecule has 1 fully saturated rings. The first-order valence-corrected chi connectivity index (χ1v) is 10.8. The Bertz CT molecular complexity index is 1030. The third-order valence-electron chi connectivity index (χ3n) is 5.52. The zero-order valence-electron chi connectivity index (χ0n) is 17.4. The lowest BCUT2D eigenvalue weighted by molar-refractivity contribution is 0.102. The van der Waals surface area contributed by atoms with Crippen molar-refractivity contribution in [2.45, 2.75) is 39.0 Å². The molecule has 30 heavy (non-hydrogen) atoms. The van der Waals surface area contributed by atoms with Gasteiger partial charge in [0, 0.05) is 12.0 Å². The van der Waals surface area contributed by atoms with Crippen LogP contribution in [0.4, 0.5) is 5.69 Å². The molecule has 0 aromatic heterocycles. The quantitative estimate of drug-likeness (QED) is 0.462. The van der Waals surface area contributed by atoms with Gasteiger partial charge in [0.05, 0.1) is 17.3 Å². The summed E-state index contributed by atoms with van der Waals surface area (Å²) in [5.74, 6) is 1.25. The summed E-state index contributed by atoms with van der Waals surface area (Å²) in [7, 11) is 0. The average molecular weight is 420 g/mol. The summed E-state index contributed by atoms with van der Waals surface area (Å²) in [5, 5.41) is 3.56. The predicted octanol–water partition coefficient (Wildman–Crippen LogP) is 6.71. The van der Waals surface area contributed by atoms with Crippen molar-refractivity contribution in [2.75, 3.05) is 11.9 Å². The second-order valence-corrected chi connectivity index (χ2v) is 8.39. The van der Waals surface area contributed by atoms with Gasteiger partial charge in [0.25, 0.3) is 5.91 Å². The van der Waals surface area contributed by atoms with E-state index in [0.29, 0.717) is 28.8 Å². The van der Waals surface area contributed by atoms with E-state index < -0.39 is 0 Å². The number of nitrogens with one attached hydrogen (secondary N) is 1. The van der Waals surface area contributed by atoms with Crippen molar-refractivity contribution < 1.29 is 9.53 Å². The lowest BCUT2D eigenvalue weighted by atomic mass is 10.0. The van der Waals surface area contributed by atoms with Crippen LogP contribution >= 0.6 is 11.6 Å². The Hall–Kier alpha value is -2.78. The summed E-state index contributed by atoms with van der Waals surface area (Å²) in [4.78, 5) is 13.0. The van der Waals surface area contributed by atoms with Crippen molar-refractivity contribution in [1.29, 1.82) is 0 Å². The number of anilines is 1. The Balaban J connectivity index is 1.45. The van der Waals surface area contributed by atoms with Crippen LogP contribution in [0.1, 0.15) is 51.4 Å². The van der Waals surface area contributed by atoms with Crippen LogP contribution in [0.15, 0.2) is 60.7 Å². The minimum Gasteiger partial charge on any atom is -0.493 e. The van der Waals surface area contributed by atoms with Gasteiger partial charge in [-0.05, 0) is 79.1 Å². The van der Waals surface area contributed by atoms with Crippen LogP contribution in [0.3, 0.4) is 0 Å². The number of carbonyl (C=O) groups excluding carboxylic acids is 1. The fourth-order valence-electron chi connectivity index (χ4n) is 3.79. The van der Waals surface area contributed by atoms with Crippen LogP contribution in [0, 0.1) is 13.8 Å². The Morgan fingerprint density at radius 2 is 1.73 bits per heavy atom. The molecule has 1 N–H and O–H groups in total. The lowest BCUT2D eigenvalue weighted by Gasteiger charge is -2.15. The average Bonchev–Trinajstić information content (AvgIpc) is 3.55. The second-order valence-electron chi connectivity index (χ2n) is 7.98. The molecule has 1 aliphatic rings. The Kier molecular flexibility index (Phi) is 6.10. The molecule has 1 saturated carbocycles. The van der Waals surface area contributed by atoms with E-state index in [1.807, 2.05) is 62.4 Å². The third-order valence-corrected chi connectivity index (χ3v) is 5.85.